The lowest BCUT2D eigenvalue weighted by Gasteiger charge is -2.14. The number of benzene rings is 2. The molecule has 0 spiro atoms. The maximum atomic E-state index is 11.6. The van der Waals surface area contributed by atoms with Crippen LogP contribution in [0.5, 0.6) is 0 Å². The number of carbonyl (C=O) groups is 1. The van der Waals surface area contributed by atoms with Crippen LogP contribution in [0.25, 0.3) is 11.1 Å². The number of isocyanates is 1. The van der Waals surface area contributed by atoms with E-state index in [0.29, 0.717) is 0 Å². The van der Waals surface area contributed by atoms with Crippen molar-refractivity contribution in [3.63, 3.8) is 0 Å². The first kappa shape index (κ1) is 14.0. The van der Waals surface area contributed by atoms with Crippen LogP contribution < -0.4 is 5.32 Å². The summed E-state index contributed by atoms with van der Waals surface area (Å²) in [5.41, 5.74) is 4.67. The topological polar surface area (TPSA) is 67.8 Å². The van der Waals surface area contributed by atoms with Gasteiger partial charge in [0.15, 0.2) is 0 Å². The molecule has 0 atom stereocenters. The standard InChI is InChI=1S/C17H14N2O3/c20-11-18-10-19-17(21)22-9-16-14-7-3-1-5-12(14)13-6-2-4-8-15(13)16/h1-8,16H,9-10H2,(H,19,21). The Balaban J connectivity index is 1.76. The average Bonchev–Trinajstić information content (AvgIpc) is 2.87. The molecule has 1 aliphatic rings. The van der Waals surface area contributed by atoms with Crippen molar-refractivity contribution < 1.29 is 14.3 Å². The van der Waals surface area contributed by atoms with Crippen LogP contribution >= 0.6 is 0 Å². The van der Waals surface area contributed by atoms with Crippen molar-refractivity contribution in [1.82, 2.24) is 5.32 Å². The number of hydrogen-bond acceptors (Lipinski definition) is 4. The van der Waals surface area contributed by atoms with Crippen LogP contribution in [0.4, 0.5) is 4.79 Å². The smallest absolute Gasteiger partial charge is 0.408 e. The highest BCUT2D eigenvalue weighted by Gasteiger charge is 2.28. The van der Waals surface area contributed by atoms with E-state index in [0.717, 1.165) is 11.1 Å². The minimum absolute atomic E-state index is 0.0210. The Labute approximate surface area is 127 Å². The molecule has 1 N–H and O–H groups in total. The van der Waals surface area contributed by atoms with Crippen molar-refractivity contribution in [3.8, 4) is 11.1 Å². The van der Waals surface area contributed by atoms with Gasteiger partial charge in [-0.2, -0.15) is 4.99 Å². The number of nitrogens with zero attached hydrogens (tertiary/aromatic N) is 1. The molecule has 2 aromatic carbocycles. The van der Waals surface area contributed by atoms with Gasteiger partial charge in [-0.15, -0.1) is 0 Å². The number of hydrogen-bond donors (Lipinski definition) is 1. The first-order chi connectivity index (χ1) is 10.8. The summed E-state index contributed by atoms with van der Waals surface area (Å²) in [6, 6.07) is 16.2. The monoisotopic (exact) mass is 294 g/mol. The Kier molecular flexibility index (Phi) is 3.99. The molecule has 5 nitrogen and oxygen atoms in total. The molecule has 2 aromatic rings. The van der Waals surface area contributed by atoms with Crippen LogP contribution in [0.15, 0.2) is 53.5 Å². The minimum atomic E-state index is -0.596. The zero-order valence-corrected chi connectivity index (χ0v) is 11.8. The van der Waals surface area contributed by atoms with Gasteiger partial charge in [0.2, 0.25) is 6.08 Å². The third kappa shape index (κ3) is 2.62. The molecular weight excluding hydrogens is 280 g/mol. The van der Waals surface area contributed by atoms with Crippen LogP contribution in [0.3, 0.4) is 0 Å². The Hall–Kier alpha value is -2.91. The average molecular weight is 294 g/mol. The van der Waals surface area contributed by atoms with Gasteiger partial charge in [0.25, 0.3) is 0 Å². The number of aliphatic imine (C=N–C) groups is 1. The first-order valence-corrected chi connectivity index (χ1v) is 6.93. The Morgan fingerprint density at radius 1 is 1.09 bits per heavy atom. The van der Waals surface area contributed by atoms with Crippen LogP contribution in [-0.2, 0) is 9.53 Å². The molecule has 1 amide bonds. The third-order valence-electron chi connectivity index (χ3n) is 3.71. The fourth-order valence-corrected chi connectivity index (χ4v) is 2.79. The van der Waals surface area contributed by atoms with E-state index in [1.807, 2.05) is 24.3 Å². The maximum Gasteiger partial charge on any atom is 0.408 e. The predicted molar refractivity (Wildman–Crippen MR) is 81.2 cm³/mol. The molecule has 0 fully saturated rings. The van der Waals surface area contributed by atoms with Crippen molar-refractivity contribution in [2.75, 3.05) is 13.3 Å². The maximum absolute atomic E-state index is 11.6. The summed E-state index contributed by atoms with van der Waals surface area (Å²) in [5.74, 6) is 0.0210. The van der Waals surface area contributed by atoms with Crippen LogP contribution in [0.1, 0.15) is 17.0 Å². The number of alkyl carbamates (subject to hydrolysis) is 1. The molecule has 0 radical (unpaired) electrons. The Bertz CT molecular complexity index is 706. The van der Waals surface area contributed by atoms with Gasteiger partial charge in [0.05, 0.1) is 0 Å². The number of ether oxygens (including phenoxy) is 1. The summed E-state index contributed by atoms with van der Waals surface area (Å²) >= 11 is 0. The summed E-state index contributed by atoms with van der Waals surface area (Å²) in [5, 5.41) is 2.37. The van der Waals surface area contributed by atoms with Crippen LogP contribution in [-0.4, -0.2) is 25.4 Å². The molecular formula is C17H14N2O3. The molecule has 0 aliphatic heterocycles. The zero-order chi connectivity index (χ0) is 15.4. The molecule has 110 valence electrons. The minimum Gasteiger partial charge on any atom is -0.449 e. The number of amides is 1. The van der Waals surface area contributed by atoms with Crippen molar-refractivity contribution in [3.05, 3.63) is 59.7 Å². The lowest BCUT2D eigenvalue weighted by molar-refractivity contribution is 0.143. The fourth-order valence-electron chi connectivity index (χ4n) is 2.79. The number of rotatable bonds is 4. The summed E-state index contributed by atoms with van der Waals surface area (Å²) in [6.45, 7) is 0.116. The van der Waals surface area contributed by atoms with Crippen molar-refractivity contribution in [2.45, 2.75) is 5.92 Å². The largest absolute Gasteiger partial charge is 0.449 e. The van der Waals surface area contributed by atoms with E-state index in [1.165, 1.54) is 17.2 Å². The highest BCUT2D eigenvalue weighted by Crippen LogP contribution is 2.44. The molecule has 22 heavy (non-hydrogen) atoms. The number of fused-ring (bicyclic) bond motifs is 3. The second-order valence-electron chi connectivity index (χ2n) is 4.91. The lowest BCUT2D eigenvalue weighted by Crippen LogP contribution is -2.26. The molecule has 0 saturated heterocycles. The molecule has 0 saturated carbocycles. The van der Waals surface area contributed by atoms with Crippen LogP contribution in [0.2, 0.25) is 0 Å². The molecule has 1 aliphatic carbocycles. The van der Waals surface area contributed by atoms with Gasteiger partial charge in [-0.3, -0.25) is 0 Å². The van der Waals surface area contributed by atoms with Gasteiger partial charge in [0.1, 0.15) is 13.3 Å². The predicted octanol–water partition coefficient (Wildman–Crippen LogP) is 2.82. The molecule has 0 bridgehead atoms. The van der Waals surface area contributed by atoms with Gasteiger partial charge in [0, 0.05) is 5.92 Å². The Morgan fingerprint density at radius 2 is 1.68 bits per heavy atom. The van der Waals surface area contributed by atoms with Crippen molar-refractivity contribution >= 4 is 12.2 Å². The second kappa shape index (κ2) is 6.24. The van der Waals surface area contributed by atoms with Gasteiger partial charge in [-0.1, -0.05) is 48.5 Å². The van der Waals surface area contributed by atoms with E-state index in [9.17, 15) is 9.59 Å². The molecule has 5 heteroatoms. The summed E-state index contributed by atoms with van der Waals surface area (Å²) in [7, 11) is 0. The van der Waals surface area contributed by atoms with Crippen molar-refractivity contribution in [2.24, 2.45) is 4.99 Å². The van der Waals surface area contributed by atoms with E-state index in [1.54, 1.807) is 0 Å². The van der Waals surface area contributed by atoms with E-state index in [4.69, 9.17) is 4.74 Å². The molecule has 0 aromatic heterocycles. The molecule has 3 rings (SSSR count). The van der Waals surface area contributed by atoms with E-state index in [2.05, 4.69) is 34.6 Å². The van der Waals surface area contributed by atoms with Crippen molar-refractivity contribution in [1.29, 1.82) is 0 Å². The third-order valence-corrected chi connectivity index (χ3v) is 3.71. The normalized spacial score (nSPS) is 12.0. The highest BCUT2D eigenvalue weighted by atomic mass is 16.5. The van der Waals surface area contributed by atoms with E-state index >= 15 is 0 Å². The summed E-state index contributed by atoms with van der Waals surface area (Å²) < 4.78 is 5.25. The number of carbonyl (C=O) groups excluding carboxylic acids is 2. The van der Waals surface area contributed by atoms with Crippen LogP contribution in [0, 0.1) is 0 Å². The molecule has 0 unspecified atom stereocenters. The summed E-state index contributed by atoms with van der Waals surface area (Å²) in [6.07, 6.45) is 0.755. The highest BCUT2D eigenvalue weighted by molar-refractivity contribution is 5.79. The lowest BCUT2D eigenvalue weighted by atomic mass is 9.98. The van der Waals surface area contributed by atoms with E-state index in [-0.39, 0.29) is 19.2 Å². The van der Waals surface area contributed by atoms with Gasteiger partial charge in [-0.25, -0.2) is 9.59 Å². The van der Waals surface area contributed by atoms with Gasteiger partial charge in [-0.05, 0) is 22.3 Å². The van der Waals surface area contributed by atoms with Gasteiger partial charge >= 0.3 is 6.09 Å². The molecule has 0 heterocycles. The second-order valence-corrected chi connectivity index (χ2v) is 4.91. The first-order valence-electron chi connectivity index (χ1n) is 6.93. The Morgan fingerprint density at radius 3 is 2.27 bits per heavy atom. The number of nitrogens with one attached hydrogen (secondary N) is 1. The SMILES string of the molecule is O=C=NCNC(=O)OCC1c2ccccc2-c2ccccc21. The summed E-state index contributed by atoms with van der Waals surface area (Å²) in [4.78, 5) is 24.8. The quantitative estimate of drug-likeness (QED) is 0.696. The zero-order valence-electron chi connectivity index (χ0n) is 11.8. The fraction of sp³-hybridized carbons (Fsp3) is 0.176. The van der Waals surface area contributed by atoms with Gasteiger partial charge < -0.3 is 10.1 Å². The van der Waals surface area contributed by atoms with E-state index < -0.39 is 6.09 Å².